The summed E-state index contributed by atoms with van der Waals surface area (Å²) in [7, 11) is 0. The number of amides is 1. The number of piperidine rings is 1. The molecule has 6 nitrogen and oxygen atoms in total. The SMILES string of the molecule is CC(C)c1ccc(Nc2cncc(C(=O)N3CCC4(CC3)OCCO4)c2)cc1. The fourth-order valence-corrected chi connectivity index (χ4v) is 3.76. The average molecular weight is 381 g/mol. The molecule has 148 valence electrons. The maximum atomic E-state index is 12.9. The molecule has 28 heavy (non-hydrogen) atoms. The molecule has 4 rings (SSSR count). The maximum Gasteiger partial charge on any atom is 0.255 e. The number of benzene rings is 1. The van der Waals surface area contributed by atoms with Gasteiger partial charge in [0.15, 0.2) is 5.79 Å². The minimum atomic E-state index is -0.472. The van der Waals surface area contributed by atoms with Crippen molar-refractivity contribution >= 4 is 17.3 Å². The van der Waals surface area contributed by atoms with E-state index in [4.69, 9.17) is 9.47 Å². The quantitative estimate of drug-likeness (QED) is 0.869. The van der Waals surface area contributed by atoms with Gasteiger partial charge in [0.2, 0.25) is 0 Å². The Morgan fingerprint density at radius 2 is 1.75 bits per heavy atom. The number of aromatic nitrogens is 1. The molecule has 1 N–H and O–H groups in total. The first-order valence-electron chi connectivity index (χ1n) is 9.94. The summed E-state index contributed by atoms with van der Waals surface area (Å²) >= 11 is 0. The van der Waals surface area contributed by atoms with Gasteiger partial charge in [0, 0.05) is 37.8 Å². The van der Waals surface area contributed by atoms with E-state index < -0.39 is 5.79 Å². The molecule has 6 heteroatoms. The highest BCUT2D eigenvalue weighted by Gasteiger charge is 2.40. The van der Waals surface area contributed by atoms with E-state index in [1.165, 1.54) is 5.56 Å². The van der Waals surface area contributed by atoms with Crippen molar-refractivity contribution in [3.05, 3.63) is 53.9 Å². The predicted octanol–water partition coefficient (Wildman–Crippen LogP) is 3.93. The van der Waals surface area contributed by atoms with Gasteiger partial charge in [-0.05, 0) is 29.7 Å². The normalized spacial score (nSPS) is 18.6. The molecular weight excluding hydrogens is 354 g/mol. The lowest BCUT2D eigenvalue weighted by molar-refractivity contribution is -0.181. The van der Waals surface area contributed by atoms with Crippen molar-refractivity contribution in [1.29, 1.82) is 0 Å². The van der Waals surface area contributed by atoms with Crippen LogP contribution in [-0.2, 0) is 9.47 Å². The van der Waals surface area contributed by atoms with Gasteiger partial charge >= 0.3 is 0 Å². The first-order chi connectivity index (χ1) is 13.5. The number of carbonyl (C=O) groups excluding carboxylic acids is 1. The lowest BCUT2D eigenvalue weighted by Crippen LogP contribution is -2.47. The zero-order chi connectivity index (χ0) is 19.6. The minimum Gasteiger partial charge on any atom is -0.354 e. The Kier molecular flexibility index (Phi) is 5.33. The van der Waals surface area contributed by atoms with E-state index in [0.717, 1.165) is 11.4 Å². The van der Waals surface area contributed by atoms with Crippen molar-refractivity contribution in [2.24, 2.45) is 0 Å². The highest BCUT2D eigenvalue weighted by molar-refractivity contribution is 5.95. The molecular formula is C22H27N3O3. The number of hydrogen-bond donors (Lipinski definition) is 1. The predicted molar refractivity (Wildman–Crippen MR) is 108 cm³/mol. The summed E-state index contributed by atoms with van der Waals surface area (Å²) in [5.74, 6) is 0.0279. The van der Waals surface area contributed by atoms with Crippen LogP contribution in [-0.4, -0.2) is 47.9 Å². The molecule has 3 heterocycles. The molecule has 0 bridgehead atoms. The first-order valence-corrected chi connectivity index (χ1v) is 9.94. The van der Waals surface area contributed by atoms with Gasteiger partial charge in [-0.2, -0.15) is 0 Å². The van der Waals surface area contributed by atoms with Crippen LogP contribution in [0.5, 0.6) is 0 Å². The molecule has 1 spiro atoms. The summed E-state index contributed by atoms with van der Waals surface area (Å²) in [6, 6.07) is 10.2. The number of rotatable bonds is 4. The molecule has 2 aliphatic heterocycles. The van der Waals surface area contributed by atoms with E-state index >= 15 is 0 Å². The Balaban J connectivity index is 1.41. The summed E-state index contributed by atoms with van der Waals surface area (Å²) in [5, 5.41) is 3.33. The van der Waals surface area contributed by atoms with Gasteiger partial charge in [0.25, 0.3) is 5.91 Å². The zero-order valence-electron chi connectivity index (χ0n) is 16.5. The molecule has 0 unspecified atom stereocenters. The van der Waals surface area contributed by atoms with Crippen molar-refractivity contribution in [1.82, 2.24) is 9.88 Å². The van der Waals surface area contributed by atoms with Gasteiger partial charge in [-0.3, -0.25) is 9.78 Å². The standard InChI is InChI=1S/C22H27N3O3/c1-16(2)17-3-5-19(6-4-17)24-20-13-18(14-23-15-20)21(26)25-9-7-22(8-10-25)27-11-12-28-22/h3-6,13-16,24H,7-12H2,1-2H3. The maximum absolute atomic E-state index is 12.9. The number of hydrogen-bond acceptors (Lipinski definition) is 5. The highest BCUT2D eigenvalue weighted by Crippen LogP contribution is 2.32. The number of likely N-dealkylation sites (tertiary alicyclic amines) is 1. The number of nitrogens with one attached hydrogen (secondary N) is 1. The van der Waals surface area contributed by atoms with E-state index in [2.05, 4.69) is 48.4 Å². The van der Waals surface area contributed by atoms with E-state index in [-0.39, 0.29) is 5.91 Å². The smallest absolute Gasteiger partial charge is 0.255 e. The van der Waals surface area contributed by atoms with Gasteiger partial charge < -0.3 is 19.7 Å². The second-order valence-corrected chi connectivity index (χ2v) is 7.76. The van der Waals surface area contributed by atoms with Crippen LogP contribution in [0.4, 0.5) is 11.4 Å². The van der Waals surface area contributed by atoms with E-state index in [9.17, 15) is 4.79 Å². The highest BCUT2D eigenvalue weighted by atomic mass is 16.7. The second kappa shape index (κ2) is 7.89. The zero-order valence-corrected chi connectivity index (χ0v) is 16.5. The fraction of sp³-hybridized carbons (Fsp3) is 0.455. The van der Waals surface area contributed by atoms with Crippen LogP contribution < -0.4 is 5.32 Å². The van der Waals surface area contributed by atoms with Crippen molar-refractivity contribution in [3.63, 3.8) is 0 Å². The molecule has 1 amide bonds. The Morgan fingerprint density at radius 1 is 1.07 bits per heavy atom. The second-order valence-electron chi connectivity index (χ2n) is 7.76. The summed E-state index contributed by atoms with van der Waals surface area (Å²) in [4.78, 5) is 19.0. The lowest BCUT2D eigenvalue weighted by atomic mass is 10.0. The van der Waals surface area contributed by atoms with Crippen LogP contribution in [0.25, 0.3) is 0 Å². The fourth-order valence-electron chi connectivity index (χ4n) is 3.76. The van der Waals surface area contributed by atoms with Crippen LogP contribution in [0.15, 0.2) is 42.7 Å². The molecule has 1 aromatic carbocycles. The van der Waals surface area contributed by atoms with Gasteiger partial charge in [-0.15, -0.1) is 0 Å². The topological polar surface area (TPSA) is 63.7 Å². The van der Waals surface area contributed by atoms with E-state index in [1.807, 2.05) is 11.0 Å². The van der Waals surface area contributed by atoms with E-state index in [1.54, 1.807) is 12.4 Å². The summed E-state index contributed by atoms with van der Waals surface area (Å²) in [6.07, 6.45) is 4.79. The summed E-state index contributed by atoms with van der Waals surface area (Å²) < 4.78 is 11.5. The average Bonchev–Trinajstić information content (AvgIpc) is 3.16. The van der Waals surface area contributed by atoms with Gasteiger partial charge in [-0.1, -0.05) is 26.0 Å². The summed E-state index contributed by atoms with van der Waals surface area (Å²) in [5.41, 5.74) is 3.67. The molecule has 1 aromatic heterocycles. The van der Waals surface area contributed by atoms with Crippen molar-refractivity contribution in [3.8, 4) is 0 Å². The number of ether oxygens (including phenoxy) is 2. The monoisotopic (exact) mass is 381 g/mol. The van der Waals surface area contributed by atoms with Gasteiger partial charge in [0.1, 0.15) is 0 Å². The molecule has 2 saturated heterocycles. The largest absolute Gasteiger partial charge is 0.354 e. The third kappa shape index (κ3) is 4.03. The Bertz CT molecular complexity index is 819. The third-order valence-corrected chi connectivity index (χ3v) is 5.48. The lowest BCUT2D eigenvalue weighted by Gasteiger charge is -2.37. The molecule has 2 fully saturated rings. The van der Waals surface area contributed by atoms with Crippen LogP contribution in [0, 0.1) is 0 Å². The number of nitrogens with zero attached hydrogens (tertiary/aromatic N) is 2. The van der Waals surface area contributed by atoms with Crippen LogP contribution in [0.3, 0.4) is 0 Å². The van der Waals surface area contributed by atoms with Crippen LogP contribution >= 0.6 is 0 Å². The molecule has 0 saturated carbocycles. The Morgan fingerprint density at radius 3 is 2.39 bits per heavy atom. The van der Waals surface area contributed by atoms with Crippen molar-refractivity contribution in [2.75, 3.05) is 31.6 Å². The molecule has 2 aliphatic rings. The molecule has 0 atom stereocenters. The van der Waals surface area contributed by atoms with Crippen molar-refractivity contribution < 1.29 is 14.3 Å². The van der Waals surface area contributed by atoms with Gasteiger partial charge in [-0.25, -0.2) is 0 Å². The molecule has 0 aliphatic carbocycles. The number of pyridine rings is 1. The Labute approximate surface area is 165 Å². The number of anilines is 2. The number of carbonyl (C=O) groups is 1. The van der Waals surface area contributed by atoms with Gasteiger partial charge in [0.05, 0.1) is 30.7 Å². The van der Waals surface area contributed by atoms with Crippen LogP contribution in [0.1, 0.15) is 48.5 Å². The first kappa shape index (κ1) is 18.9. The van der Waals surface area contributed by atoms with Crippen molar-refractivity contribution in [2.45, 2.75) is 38.4 Å². The summed E-state index contributed by atoms with van der Waals surface area (Å²) in [6.45, 7) is 6.90. The molecule has 0 radical (unpaired) electrons. The van der Waals surface area contributed by atoms with Crippen LogP contribution in [0.2, 0.25) is 0 Å². The van der Waals surface area contributed by atoms with E-state index in [0.29, 0.717) is 50.6 Å². The molecule has 2 aromatic rings. The third-order valence-electron chi connectivity index (χ3n) is 5.48. The Hall–Kier alpha value is -2.44. The minimum absolute atomic E-state index is 0.000785.